The Bertz CT molecular complexity index is 650. The molecule has 3 aliphatic heterocycles. The van der Waals surface area contributed by atoms with E-state index in [1.165, 1.54) is 0 Å². The molecule has 0 N–H and O–H groups in total. The van der Waals surface area contributed by atoms with Crippen molar-refractivity contribution in [1.29, 1.82) is 0 Å². The highest BCUT2D eigenvalue weighted by atomic mass is 16.5. The quantitative estimate of drug-likeness (QED) is 0.828. The van der Waals surface area contributed by atoms with E-state index in [-0.39, 0.29) is 17.2 Å². The molecule has 0 radical (unpaired) electrons. The molecular formula is C20H27N3O3. The minimum Gasteiger partial charge on any atom is -0.381 e. The lowest BCUT2D eigenvalue weighted by Crippen LogP contribution is -2.47. The van der Waals surface area contributed by atoms with Crippen molar-refractivity contribution in [3.63, 3.8) is 0 Å². The minimum atomic E-state index is 0.0474. The zero-order valence-corrected chi connectivity index (χ0v) is 15.2. The molecule has 6 heteroatoms. The lowest BCUT2D eigenvalue weighted by molar-refractivity contribution is -0.140. The van der Waals surface area contributed by atoms with Gasteiger partial charge in [-0.1, -0.05) is 6.07 Å². The van der Waals surface area contributed by atoms with Crippen molar-refractivity contribution < 1.29 is 14.3 Å². The predicted octanol–water partition coefficient (Wildman–Crippen LogP) is 1.85. The standard InChI is InChI=1S/C20H27N3O3/c24-18-12-20(15-23(18)14-16-2-1-7-21-13-16)5-8-22(9-6-20)19(25)17-3-10-26-11-4-17/h1-2,7,13,17H,3-6,8-12,14-15H2. The van der Waals surface area contributed by atoms with Gasteiger partial charge in [0.15, 0.2) is 0 Å². The van der Waals surface area contributed by atoms with Crippen molar-refractivity contribution in [3.05, 3.63) is 30.1 Å². The molecule has 26 heavy (non-hydrogen) atoms. The van der Waals surface area contributed by atoms with Crippen LogP contribution in [0.25, 0.3) is 0 Å². The van der Waals surface area contributed by atoms with E-state index in [2.05, 4.69) is 4.98 Å². The van der Waals surface area contributed by atoms with Gasteiger partial charge in [0.05, 0.1) is 0 Å². The average Bonchev–Trinajstić information content (AvgIpc) is 2.98. The minimum absolute atomic E-state index is 0.0474. The summed E-state index contributed by atoms with van der Waals surface area (Å²) in [4.78, 5) is 33.4. The molecule has 3 saturated heterocycles. The Hall–Kier alpha value is -1.95. The smallest absolute Gasteiger partial charge is 0.225 e. The van der Waals surface area contributed by atoms with Crippen molar-refractivity contribution in [2.75, 3.05) is 32.8 Å². The Morgan fingerprint density at radius 2 is 2.04 bits per heavy atom. The van der Waals surface area contributed by atoms with Crippen LogP contribution in [0.4, 0.5) is 0 Å². The van der Waals surface area contributed by atoms with Crippen LogP contribution in [0.5, 0.6) is 0 Å². The monoisotopic (exact) mass is 357 g/mol. The van der Waals surface area contributed by atoms with Crippen LogP contribution in [0.2, 0.25) is 0 Å². The van der Waals surface area contributed by atoms with Crippen LogP contribution in [-0.2, 0) is 20.9 Å². The number of carbonyl (C=O) groups is 2. The Labute approximate surface area is 154 Å². The maximum atomic E-state index is 12.7. The third-order valence-electron chi connectivity index (χ3n) is 6.21. The molecule has 3 aliphatic rings. The summed E-state index contributed by atoms with van der Waals surface area (Å²) in [5.41, 5.74) is 1.12. The first-order valence-electron chi connectivity index (χ1n) is 9.68. The third-order valence-corrected chi connectivity index (χ3v) is 6.21. The van der Waals surface area contributed by atoms with Gasteiger partial charge in [0.1, 0.15) is 0 Å². The summed E-state index contributed by atoms with van der Waals surface area (Å²) < 4.78 is 5.37. The number of nitrogens with zero attached hydrogens (tertiary/aromatic N) is 3. The second-order valence-corrected chi connectivity index (χ2v) is 8.00. The zero-order valence-electron chi connectivity index (χ0n) is 15.2. The molecule has 140 valence electrons. The topological polar surface area (TPSA) is 62.7 Å². The number of piperidine rings is 1. The van der Waals surface area contributed by atoms with Gasteiger partial charge in [0.25, 0.3) is 0 Å². The fourth-order valence-corrected chi connectivity index (χ4v) is 4.58. The van der Waals surface area contributed by atoms with Gasteiger partial charge in [-0.3, -0.25) is 14.6 Å². The Morgan fingerprint density at radius 3 is 2.73 bits per heavy atom. The highest BCUT2D eigenvalue weighted by Crippen LogP contribution is 2.41. The number of likely N-dealkylation sites (tertiary alicyclic amines) is 2. The molecule has 0 bridgehead atoms. The summed E-state index contributed by atoms with van der Waals surface area (Å²) in [5.74, 6) is 0.655. The lowest BCUT2D eigenvalue weighted by Gasteiger charge is -2.40. The van der Waals surface area contributed by atoms with Crippen molar-refractivity contribution in [1.82, 2.24) is 14.8 Å². The molecule has 4 rings (SSSR count). The highest BCUT2D eigenvalue weighted by Gasteiger charge is 2.45. The SMILES string of the molecule is O=C1CC2(CCN(C(=O)C3CCOCC3)CC2)CN1Cc1cccnc1. The Balaban J connectivity index is 1.33. The van der Waals surface area contributed by atoms with Crippen LogP contribution in [0.3, 0.4) is 0 Å². The molecule has 3 fully saturated rings. The van der Waals surface area contributed by atoms with Crippen molar-refractivity contribution in [3.8, 4) is 0 Å². The number of pyridine rings is 1. The van der Waals surface area contributed by atoms with Crippen LogP contribution in [0.15, 0.2) is 24.5 Å². The van der Waals surface area contributed by atoms with E-state index >= 15 is 0 Å². The van der Waals surface area contributed by atoms with Crippen molar-refractivity contribution in [2.24, 2.45) is 11.3 Å². The number of ether oxygens (including phenoxy) is 1. The van der Waals surface area contributed by atoms with Gasteiger partial charge in [0.2, 0.25) is 11.8 Å². The highest BCUT2D eigenvalue weighted by molar-refractivity contribution is 5.80. The second kappa shape index (κ2) is 7.35. The van der Waals surface area contributed by atoms with Crippen LogP contribution >= 0.6 is 0 Å². The zero-order chi connectivity index (χ0) is 18.0. The van der Waals surface area contributed by atoms with E-state index in [0.717, 1.165) is 50.9 Å². The van der Waals surface area contributed by atoms with Gasteiger partial charge in [-0.25, -0.2) is 0 Å². The first-order chi connectivity index (χ1) is 12.7. The first-order valence-corrected chi connectivity index (χ1v) is 9.68. The van der Waals surface area contributed by atoms with Gasteiger partial charge in [0, 0.05) is 69.5 Å². The normalized spacial score (nSPS) is 23.6. The van der Waals surface area contributed by atoms with Gasteiger partial charge in [-0.15, -0.1) is 0 Å². The number of carbonyl (C=O) groups excluding carboxylic acids is 2. The molecule has 0 aliphatic carbocycles. The van der Waals surface area contributed by atoms with Gasteiger partial charge in [-0.2, -0.15) is 0 Å². The molecule has 0 saturated carbocycles. The summed E-state index contributed by atoms with van der Waals surface area (Å²) in [5, 5.41) is 0. The van der Waals surface area contributed by atoms with E-state index in [0.29, 0.717) is 32.1 Å². The molecule has 0 atom stereocenters. The van der Waals surface area contributed by atoms with Gasteiger partial charge >= 0.3 is 0 Å². The van der Waals surface area contributed by atoms with Gasteiger partial charge in [-0.05, 0) is 37.3 Å². The summed E-state index contributed by atoms with van der Waals surface area (Å²) in [6.07, 6.45) is 7.74. The van der Waals surface area contributed by atoms with E-state index in [9.17, 15) is 9.59 Å². The molecule has 1 spiro atoms. The molecule has 1 aromatic rings. The largest absolute Gasteiger partial charge is 0.381 e. The molecule has 2 amide bonds. The summed E-state index contributed by atoms with van der Waals surface area (Å²) >= 11 is 0. The number of hydrogen-bond donors (Lipinski definition) is 0. The molecule has 0 unspecified atom stereocenters. The third kappa shape index (κ3) is 3.61. The number of hydrogen-bond acceptors (Lipinski definition) is 4. The molecule has 0 aromatic carbocycles. The number of amides is 2. The molecular weight excluding hydrogens is 330 g/mol. The van der Waals surface area contributed by atoms with E-state index in [1.807, 2.05) is 28.1 Å². The predicted molar refractivity (Wildman–Crippen MR) is 96.1 cm³/mol. The number of rotatable bonds is 3. The fourth-order valence-electron chi connectivity index (χ4n) is 4.58. The molecule has 1 aromatic heterocycles. The van der Waals surface area contributed by atoms with Crippen LogP contribution in [-0.4, -0.2) is 59.4 Å². The summed E-state index contributed by atoms with van der Waals surface area (Å²) in [6, 6.07) is 3.92. The second-order valence-electron chi connectivity index (χ2n) is 8.00. The van der Waals surface area contributed by atoms with Gasteiger partial charge < -0.3 is 14.5 Å². The van der Waals surface area contributed by atoms with Crippen LogP contribution in [0.1, 0.15) is 37.7 Å². The summed E-state index contributed by atoms with van der Waals surface area (Å²) in [7, 11) is 0. The Kier molecular flexibility index (Phi) is 4.94. The van der Waals surface area contributed by atoms with Crippen LogP contribution < -0.4 is 0 Å². The van der Waals surface area contributed by atoms with E-state index < -0.39 is 0 Å². The fraction of sp³-hybridized carbons (Fsp3) is 0.650. The molecule has 6 nitrogen and oxygen atoms in total. The van der Waals surface area contributed by atoms with E-state index in [4.69, 9.17) is 4.74 Å². The maximum Gasteiger partial charge on any atom is 0.225 e. The number of aromatic nitrogens is 1. The molecule has 4 heterocycles. The van der Waals surface area contributed by atoms with Crippen molar-refractivity contribution >= 4 is 11.8 Å². The summed E-state index contributed by atoms with van der Waals surface area (Å²) in [6.45, 7) is 4.41. The van der Waals surface area contributed by atoms with E-state index in [1.54, 1.807) is 6.20 Å². The van der Waals surface area contributed by atoms with Crippen LogP contribution in [0, 0.1) is 11.3 Å². The lowest BCUT2D eigenvalue weighted by atomic mass is 9.77. The Morgan fingerprint density at radius 1 is 1.27 bits per heavy atom. The maximum absolute atomic E-state index is 12.7. The first kappa shape index (κ1) is 17.5. The average molecular weight is 357 g/mol. The van der Waals surface area contributed by atoms with Crippen molar-refractivity contribution in [2.45, 2.75) is 38.6 Å².